The third-order valence-electron chi connectivity index (χ3n) is 3.84. The van der Waals surface area contributed by atoms with E-state index in [9.17, 15) is 22.8 Å². The molecule has 0 aliphatic carbocycles. The highest BCUT2D eigenvalue weighted by molar-refractivity contribution is 6.01. The molecule has 2 amide bonds. The van der Waals surface area contributed by atoms with E-state index in [1.54, 1.807) is 18.2 Å². The minimum atomic E-state index is -4.76. The van der Waals surface area contributed by atoms with Gasteiger partial charge in [0.2, 0.25) is 11.8 Å². The van der Waals surface area contributed by atoms with Crippen LogP contribution in [0.2, 0.25) is 0 Å². The summed E-state index contributed by atoms with van der Waals surface area (Å²) in [5, 5.41) is 0. The van der Waals surface area contributed by atoms with Crippen molar-refractivity contribution in [3.05, 3.63) is 42.6 Å². The maximum Gasteiger partial charge on any atom is 0.573 e. The summed E-state index contributed by atoms with van der Waals surface area (Å²) in [5.41, 5.74) is 0.899. The monoisotopic (exact) mass is 380 g/mol. The lowest BCUT2D eigenvalue weighted by molar-refractivity contribution is -0.274. The SMILES string of the molecule is O=C1CCC(=O)N1CCOc1ccc(-c2cccc(OC(F)(F)F)c2)nc1. The highest BCUT2D eigenvalue weighted by atomic mass is 19.4. The summed E-state index contributed by atoms with van der Waals surface area (Å²) in [7, 11) is 0. The Kier molecular flexibility index (Phi) is 5.29. The largest absolute Gasteiger partial charge is 0.573 e. The molecular weight excluding hydrogens is 365 g/mol. The number of likely N-dealkylation sites (tertiary alicyclic amines) is 1. The molecule has 1 saturated heterocycles. The molecule has 1 aliphatic rings. The Balaban J connectivity index is 1.59. The highest BCUT2D eigenvalue weighted by Crippen LogP contribution is 2.27. The molecule has 0 bridgehead atoms. The van der Waals surface area contributed by atoms with E-state index in [2.05, 4.69) is 9.72 Å². The summed E-state index contributed by atoms with van der Waals surface area (Å²) in [6.07, 6.45) is -2.89. The van der Waals surface area contributed by atoms with Gasteiger partial charge in [-0.1, -0.05) is 12.1 Å². The molecule has 0 N–H and O–H groups in total. The third-order valence-corrected chi connectivity index (χ3v) is 3.84. The van der Waals surface area contributed by atoms with Crippen LogP contribution in [-0.2, 0) is 9.59 Å². The van der Waals surface area contributed by atoms with E-state index in [4.69, 9.17) is 4.74 Å². The van der Waals surface area contributed by atoms with Crippen molar-refractivity contribution < 1.29 is 32.2 Å². The van der Waals surface area contributed by atoms with Crippen molar-refractivity contribution in [2.24, 2.45) is 0 Å². The summed E-state index contributed by atoms with van der Waals surface area (Å²) in [6, 6.07) is 8.68. The number of amides is 2. The number of alkyl halides is 3. The summed E-state index contributed by atoms with van der Waals surface area (Å²) in [4.78, 5) is 28.3. The van der Waals surface area contributed by atoms with Crippen LogP contribution < -0.4 is 9.47 Å². The van der Waals surface area contributed by atoms with Crippen LogP contribution in [0, 0.1) is 0 Å². The molecule has 1 aromatic carbocycles. The van der Waals surface area contributed by atoms with Gasteiger partial charge in [0, 0.05) is 18.4 Å². The number of carbonyl (C=O) groups excluding carboxylic acids is 2. The van der Waals surface area contributed by atoms with Crippen molar-refractivity contribution in [3.8, 4) is 22.8 Å². The molecule has 142 valence electrons. The summed E-state index contributed by atoms with van der Waals surface area (Å²) < 4.78 is 46.3. The van der Waals surface area contributed by atoms with Crippen LogP contribution in [-0.4, -0.2) is 41.2 Å². The Morgan fingerprint density at radius 2 is 1.78 bits per heavy atom. The van der Waals surface area contributed by atoms with Gasteiger partial charge in [-0.05, 0) is 24.3 Å². The Bertz CT molecular complexity index is 821. The predicted molar refractivity (Wildman–Crippen MR) is 87.8 cm³/mol. The number of benzene rings is 1. The van der Waals surface area contributed by atoms with Crippen LogP contribution in [0.5, 0.6) is 11.5 Å². The molecule has 2 heterocycles. The Hall–Kier alpha value is -3.10. The minimum absolute atomic E-state index is 0.132. The average Bonchev–Trinajstić information content (AvgIpc) is 2.93. The first-order chi connectivity index (χ1) is 12.8. The van der Waals surface area contributed by atoms with Crippen LogP contribution in [0.3, 0.4) is 0 Å². The Labute approximate surface area is 152 Å². The molecule has 0 unspecified atom stereocenters. The fraction of sp³-hybridized carbons (Fsp3) is 0.278. The van der Waals surface area contributed by atoms with Crippen LogP contribution in [0.25, 0.3) is 11.3 Å². The first-order valence-electron chi connectivity index (χ1n) is 8.10. The average molecular weight is 380 g/mol. The third kappa shape index (κ3) is 4.96. The van der Waals surface area contributed by atoms with Crippen molar-refractivity contribution >= 4 is 11.8 Å². The van der Waals surface area contributed by atoms with Gasteiger partial charge in [-0.15, -0.1) is 13.2 Å². The van der Waals surface area contributed by atoms with Gasteiger partial charge in [0.25, 0.3) is 0 Å². The number of nitrogens with zero attached hydrogens (tertiary/aromatic N) is 2. The maximum absolute atomic E-state index is 12.3. The van der Waals surface area contributed by atoms with Gasteiger partial charge in [-0.25, -0.2) is 0 Å². The Morgan fingerprint density at radius 3 is 2.41 bits per heavy atom. The second kappa shape index (κ2) is 7.65. The second-order valence-corrected chi connectivity index (χ2v) is 5.74. The lowest BCUT2D eigenvalue weighted by Gasteiger charge is -2.14. The van der Waals surface area contributed by atoms with E-state index in [-0.39, 0.29) is 43.6 Å². The topological polar surface area (TPSA) is 68.7 Å². The number of hydrogen-bond donors (Lipinski definition) is 0. The van der Waals surface area contributed by atoms with E-state index in [1.807, 2.05) is 0 Å². The lowest BCUT2D eigenvalue weighted by Crippen LogP contribution is -2.33. The molecule has 0 radical (unpaired) electrons. The van der Waals surface area contributed by atoms with Gasteiger partial charge in [0.05, 0.1) is 18.4 Å². The van der Waals surface area contributed by atoms with Crippen molar-refractivity contribution in [3.63, 3.8) is 0 Å². The van der Waals surface area contributed by atoms with Crippen LogP contribution in [0.15, 0.2) is 42.6 Å². The summed E-state index contributed by atoms with van der Waals surface area (Å²) in [6.45, 7) is 0.295. The van der Waals surface area contributed by atoms with Crippen LogP contribution in [0.4, 0.5) is 13.2 Å². The zero-order chi connectivity index (χ0) is 19.4. The van der Waals surface area contributed by atoms with Crippen molar-refractivity contribution in [1.82, 2.24) is 9.88 Å². The zero-order valence-corrected chi connectivity index (χ0v) is 14.0. The van der Waals surface area contributed by atoms with Crippen molar-refractivity contribution in [1.29, 1.82) is 0 Å². The van der Waals surface area contributed by atoms with E-state index in [1.165, 1.54) is 24.4 Å². The first kappa shape index (κ1) is 18.7. The molecule has 0 atom stereocenters. The van der Waals surface area contributed by atoms with E-state index in [0.29, 0.717) is 17.0 Å². The van der Waals surface area contributed by atoms with Gasteiger partial charge < -0.3 is 9.47 Å². The lowest BCUT2D eigenvalue weighted by atomic mass is 10.1. The minimum Gasteiger partial charge on any atom is -0.490 e. The molecule has 2 aromatic rings. The number of carbonyl (C=O) groups is 2. The number of hydrogen-bond acceptors (Lipinski definition) is 5. The summed E-state index contributed by atoms with van der Waals surface area (Å²) in [5.74, 6) is -0.335. The molecular formula is C18H15F3N2O4. The van der Waals surface area contributed by atoms with Gasteiger partial charge in [0.1, 0.15) is 18.1 Å². The number of aromatic nitrogens is 1. The van der Waals surface area contributed by atoms with E-state index < -0.39 is 6.36 Å². The molecule has 1 aliphatic heterocycles. The molecule has 27 heavy (non-hydrogen) atoms. The van der Waals surface area contributed by atoms with Gasteiger partial charge in [0.15, 0.2) is 0 Å². The molecule has 9 heteroatoms. The van der Waals surface area contributed by atoms with Crippen LogP contribution in [0.1, 0.15) is 12.8 Å². The molecule has 6 nitrogen and oxygen atoms in total. The second-order valence-electron chi connectivity index (χ2n) is 5.74. The predicted octanol–water partition coefficient (Wildman–Crippen LogP) is 3.18. The number of pyridine rings is 1. The molecule has 0 saturated carbocycles. The first-order valence-corrected chi connectivity index (χ1v) is 8.10. The number of imide groups is 1. The fourth-order valence-electron chi connectivity index (χ4n) is 2.62. The van der Waals surface area contributed by atoms with Crippen molar-refractivity contribution in [2.75, 3.05) is 13.2 Å². The molecule has 0 spiro atoms. The van der Waals surface area contributed by atoms with Gasteiger partial charge in [-0.2, -0.15) is 0 Å². The van der Waals surface area contributed by atoms with Crippen molar-refractivity contribution in [2.45, 2.75) is 19.2 Å². The molecule has 1 aromatic heterocycles. The standard InChI is InChI=1S/C18H15F3N2O4/c19-18(20,21)27-13-3-1-2-12(10-13)15-5-4-14(11-22-15)26-9-8-23-16(24)6-7-17(23)25/h1-5,10-11H,6-9H2. The zero-order valence-electron chi connectivity index (χ0n) is 14.0. The molecule has 1 fully saturated rings. The summed E-state index contributed by atoms with van der Waals surface area (Å²) >= 11 is 0. The van der Waals surface area contributed by atoms with Gasteiger partial charge in [-0.3, -0.25) is 19.5 Å². The fourth-order valence-corrected chi connectivity index (χ4v) is 2.62. The number of halogens is 3. The van der Waals surface area contributed by atoms with Gasteiger partial charge >= 0.3 is 6.36 Å². The highest BCUT2D eigenvalue weighted by Gasteiger charge is 2.31. The smallest absolute Gasteiger partial charge is 0.490 e. The normalized spacial score (nSPS) is 14.6. The number of ether oxygens (including phenoxy) is 2. The van der Waals surface area contributed by atoms with Crippen LogP contribution >= 0.6 is 0 Å². The van der Waals surface area contributed by atoms with E-state index in [0.717, 1.165) is 4.90 Å². The number of rotatable bonds is 6. The Morgan fingerprint density at radius 1 is 1.04 bits per heavy atom. The molecule has 3 rings (SSSR count). The maximum atomic E-state index is 12.3. The quantitative estimate of drug-likeness (QED) is 0.720. The van der Waals surface area contributed by atoms with E-state index >= 15 is 0 Å².